The number of hydrogen-bond donors (Lipinski definition) is 18. The van der Waals surface area contributed by atoms with Crippen molar-refractivity contribution in [3.8, 4) is 85.0 Å². The summed E-state index contributed by atoms with van der Waals surface area (Å²) in [4.78, 5) is 148. The van der Waals surface area contributed by atoms with Gasteiger partial charge in [0.2, 0.25) is 0 Å². The first kappa shape index (κ1) is 81.5. The van der Waals surface area contributed by atoms with Crippen molar-refractivity contribution >= 4 is 95.7 Å². The van der Waals surface area contributed by atoms with Crippen LogP contribution in [-0.2, 0) is 25.7 Å². The third-order valence-corrected chi connectivity index (χ3v) is 19.9. The maximum absolute atomic E-state index is 12.1. The average Bonchev–Trinajstić information content (AvgIpc) is 1.48. The van der Waals surface area contributed by atoms with Crippen LogP contribution < -0.4 is 32.7 Å². The minimum absolute atomic E-state index is 0.278. The third kappa shape index (κ3) is 15.8. The van der Waals surface area contributed by atoms with Gasteiger partial charge in [-0.15, -0.1) is 0 Å². The molecule has 0 amide bonds. The molecule has 0 aliphatic rings. The van der Waals surface area contributed by atoms with E-state index in [0.29, 0.717) is 98.7 Å². The SMILES string of the molecule is CCc1c(-c2ccc3c(c2)[nH]c2ccccc23)[nH]c(=O)c(C(=O)O)c1O.CCc1c(-c2ccc3cc(C)cn3c2)[nH]c(=O)c(C(=O)O)c1O.CCc1c(-c2ccc3cc(N(C)C)ccc3c2)[nH]c(=O)c(C(=O)O)c1O.CCc1c(-c2cnc3cc[nH]c3c2)[nH]c(=O)c(C(=O)O)c1O.Cc1c(-c2cnc3cc[nH]c3c2)[nH]c(=O)c(C(=O)O)c1O. The van der Waals surface area contributed by atoms with E-state index in [0.717, 1.165) is 77.0 Å². The van der Waals surface area contributed by atoms with E-state index >= 15 is 0 Å². The first-order chi connectivity index (χ1) is 56.3. The molecule has 0 aliphatic heterocycles. The molecule has 0 saturated carbocycles. The number of H-pyrrole nitrogens is 8. The number of nitrogens with zero attached hydrogens (tertiary/aromatic N) is 4. The second-order valence-corrected chi connectivity index (χ2v) is 27.4. The Hall–Kier alpha value is -16.0. The van der Waals surface area contributed by atoms with Crippen LogP contribution in [0.25, 0.3) is 116 Å². The summed E-state index contributed by atoms with van der Waals surface area (Å²) >= 11 is 0. The number of nitrogens with one attached hydrogen (secondary N) is 8. The highest BCUT2D eigenvalue weighted by atomic mass is 16.4. The summed E-state index contributed by atoms with van der Waals surface area (Å²) in [5.41, 5.74) is 8.05. The van der Waals surface area contributed by atoms with Gasteiger partial charge >= 0.3 is 29.8 Å². The number of aromatic amines is 8. The zero-order valence-electron chi connectivity index (χ0n) is 64.2. The Morgan fingerprint density at radius 1 is 0.381 bits per heavy atom. The van der Waals surface area contributed by atoms with Crippen molar-refractivity contribution in [3.63, 3.8) is 0 Å². The number of rotatable bonds is 15. The van der Waals surface area contributed by atoms with Crippen molar-refractivity contribution in [2.75, 3.05) is 19.0 Å². The van der Waals surface area contributed by atoms with Crippen molar-refractivity contribution in [3.05, 3.63) is 271 Å². The Bertz CT molecular complexity index is 7090. The smallest absolute Gasteiger partial charge is 0.345 e. The first-order valence-corrected chi connectivity index (χ1v) is 36.5. The Morgan fingerprint density at radius 3 is 1.23 bits per heavy atom. The summed E-state index contributed by atoms with van der Waals surface area (Å²) in [5, 5.41) is 100. The van der Waals surface area contributed by atoms with Gasteiger partial charge in [0.25, 0.3) is 27.8 Å². The van der Waals surface area contributed by atoms with E-state index in [-0.39, 0.29) is 5.56 Å². The number of para-hydroxylation sites is 1. The number of carboxylic acids is 5. The second-order valence-electron chi connectivity index (χ2n) is 27.4. The van der Waals surface area contributed by atoms with Gasteiger partial charge in [-0.1, -0.05) is 76.2 Å². The summed E-state index contributed by atoms with van der Waals surface area (Å²) in [6, 6.07) is 38.3. The van der Waals surface area contributed by atoms with Crippen LogP contribution in [0.1, 0.15) is 113 Å². The molecule has 12 heterocycles. The molecule has 0 atom stereocenters. The number of carbonyl (C=O) groups is 5. The third-order valence-electron chi connectivity index (χ3n) is 19.9. The second kappa shape index (κ2) is 33.3. The van der Waals surface area contributed by atoms with E-state index in [2.05, 4.69) is 55.9 Å². The van der Waals surface area contributed by atoms with E-state index in [1.54, 1.807) is 70.7 Å². The molecule has 0 spiro atoms. The predicted octanol–water partition coefficient (Wildman–Crippen LogP) is 13.0. The van der Waals surface area contributed by atoms with E-state index in [1.165, 1.54) is 6.92 Å². The molecule has 32 heteroatoms. The highest BCUT2D eigenvalue weighted by Crippen LogP contribution is 2.38. The van der Waals surface area contributed by atoms with Crippen LogP contribution in [0, 0.1) is 13.8 Å². The van der Waals surface area contributed by atoms with E-state index < -0.39 is 114 Å². The predicted molar refractivity (Wildman–Crippen MR) is 444 cm³/mol. The van der Waals surface area contributed by atoms with Gasteiger partial charge in [0.15, 0.2) is 27.8 Å². The molecule has 16 rings (SSSR count). The molecule has 12 aromatic heterocycles. The highest BCUT2D eigenvalue weighted by molar-refractivity contribution is 6.08. The topological polar surface area (TPSA) is 533 Å². The van der Waals surface area contributed by atoms with E-state index in [4.69, 9.17) is 25.5 Å². The van der Waals surface area contributed by atoms with E-state index in [9.17, 15) is 73.5 Å². The molecule has 0 saturated heterocycles. The first-order valence-electron chi connectivity index (χ1n) is 36.5. The summed E-state index contributed by atoms with van der Waals surface area (Å²) in [5.74, 6) is -9.72. The lowest BCUT2D eigenvalue weighted by Gasteiger charge is -2.15. The minimum Gasteiger partial charge on any atom is -0.506 e. The number of aromatic hydroxyl groups is 5. The largest absolute Gasteiger partial charge is 0.506 e. The fraction of sp³-hybridized carbons (Fsp3) is 0.140. The quantitative estimate of drug-likeness (QED) is 0.0453. The van der Waals surface area contributed by atoms with Gasteiger partial charge in [-0.05, 0) is 134 Å². The summed E-state index contributed by atoms with van der Waals surface area (Å²) in [6.45, 7) is 10.7. The zero-order chi connectivity index (χ0) is 85.2. The molecule has 600 valence electrons. The van der Waals surface area contributed by atoms with Gasteiger partial charge < -0.3 is 100 Å². The van der Waals surface area contributed by atoms with Gasteiger partial charge in [0, 0.05) is 134 Å². The molecule has 4 aromatic carbocycles. The molecule has 16 aromatic rings. The van der Waals surface area contributed by atoms with Crippen molar-refractivity contribution in [1.29, 1.82) is 0 Å². The summed E-state index contributed by atoms with van der Waals surface area (Å²) in [7, 11) is 3.95. The van der Waals surface area contributed by atoms with Crippen LogP contribution in [-0.4, -0.2) is 149 Å². The number of carboxylic acid groups (broad SMARTS) is 5. The average molecular weight is 1600 g/mol. The Kier molecular flexibility index (Phi) is 23.0. The summed E-state index contributed by atoms with van der Waals surface area (Å²) in [6.07, 6.45) is 11.9. The molecule has 18 N–H and O–H groups in total. The maximum Gasteiger partial charge on any atom is 0.345 e. The van der Waals surface area contributed by atoms with Crippen LogP contribution in [0.3, 0.4) is 0 Å². The van der Waals surface area contributed by atoms with Gasteiger partial charge in [0.1, 0.15) is 28.7 Å². The standard InChI is InChI=1S/C20H16N2O4.C20H20N2O4.C17H16N2O4.C15H13N3O4.C14H11N3O4/c1-2-11-17(22-19(24)16(18(11)23)20(25)26)10-7-8-13-12-5-3-4-6-14(12)21-15(13)9-10;1-4-15-17(21-19(24)16(18(15)23)20(25)26)13-6-5-12-10-14(22(2)3)8-7-11(12)9-13;1-3-12-14(18-16(21)13(15(12)20)17(22)23)10-4-5-11-6-9(2)7-19(11)8-10;1-2-8-12(18-14(20)11(13(8)19)15(21)22)7-5-10-9(17-6-7)3-4-16-10;1-6-11(17-13(19)10(12(6)18)14(20)21)7-4-9-8(16-5-7)2-3-15-9/h3-9,21H,2H2,1H3,(H,25,26)(H2,22,23,24);5-10H,4H2,1-3H3,(H,25,26)(H2,21,23,24);4-8H,3H2,1-2H3,(H,22,23)(H2,18,20,21);3-6,16H,2H2,1H3,(H,21,22)(H2,18,19,20);2-5,15H,1H3,(H,20,21)(H2,17,18,19). The normalized spacial score (nSPS) is 11.0. The van der Waals surface area contributed by atoms with Crippen molar-refractivity contribution in [2.24, 2.45) is 0 Å². The van der Waals surface area contributed by atoms with Crippen LogP contribution in [0.4, 0.5) is 5.69 Å². The number of aromatic nitrogens is 11. The molecule has 0 radical (unpaired) electrons. The Labute approximate surface area is 664 Å². The lowest BCUT2D eigenvalue weighted by atomic mass is 9.98. The van der Waals surface area contributed by atoms with Gasteiger partial charge in [-0.3, -0.25) is 33.9 Å². The number of aryl methyl sites for hydroxylation is 1. The molecule has 32 nitrogen and oxygen atoms in total. The lowest BCUT2D eigenvalue weighted by molar-refractivity contribution is 0.0680. The van der Waals surface area contributed by atoms with Gasteiger partial charge in [0.05, 0.1) is 50.5 Å². The van der Waals surface area contributed by atoms with Gasteiger partial charge in [-0.25, -0.2) is 24.0 Å². The molecule has 0 fully saturated rings. The molecule has 0 unspecified atom stereocenters. The highest BCUT2D eigenvalue weighted by Gasteiger charge is 2.28. The maximum atomic E-state index is 12.1. The number of aromatic carboxylic acids is 5. The Balaban J connectivity index is 0.000000136. The number of fused-ring (bicyclic) bond motifs is 7. The summed E-state index contributed by atoms with van der Waals surface area (Å²) < 4.78 is 1.92. The number of pyridine rings is 8. The van der Waals surface area contributed by atoms with Crippen LogP contribution >= 0.6 is 0 Å². The van der Waals surface area contributed by atoms with Crippen LogP contribution in [0.2, 0.25) is 0 Å². The zero-order valence-corrected chi connectivity index (χ0v) is 64.2. The number of benzene rings is 4. The molecule has 118 heavy (non-hydrogen) atoms. The van der Waals surface area contributed by atoms with Crippen LogP contribution in [0.5, 0.6) is 28.7 Å². The number of anilines is 1. The molecule has 0 bridgehead atoms. The minimum atomic E-state index is -1.47. The fourth-order valence-corrected chi connectivity index (χ4v) is 14.1. The number of hydrogen-bond acceptors (Lipinski definition) is 18. The van der Waals surface area contributed by atoms with Gasteiger partial charge in [-0.2, -0.15) is 0 Å². The molecular weight excluding hydrogens is 1520 g/mol. The Morgan fingerprint density at radius 2 is 0.763 bits per heavy atom. The van der Waals surface area contributed by atoms with E-state index in [1.807, 2.05) is 140 Å². The van der Waals surface area contributed by atoms with Crippen molar-refractivity contribution < 1.29 is 75.0 Å². The molecule has 0 aliphatic carbocycles. The lowest BCUT2D eigenvalue weighted by Crippen LogP contribution is -2.20. The fourth-order valence-electron chi connectivity index (χ4n) is 14.1. The van der Waals surface area contributed by atoms with Crippen molar-refractivity contribution in [2.45, 2.75) is 67.2 Å². The monoisotopic (exact) mass is 1600 g/mol. The van der Waals surface area contributed by atoms with Crippen LogP contribution in [0.15, 0.2) is 182 Å². The molecular formula is C86H76N12O20. The van der Waals surface area contributed by atoms with Crippen molar-refractivity contribution in [1.82, 2.24) is 54.2 Å².